The van der Waals surface area contributed by atoms with Gasteiger partial charge in [-0.1, -0.05) is 38.3 Å². The third-order valence-electron chi connectivity index (χ3n) is 4.82. The van der Waals surface area contributed by atoms with Crippen LogP contribution in [-0.2, 0) is 0 Å². The van der Waals surface area contributed by atoms with E-state index in [9.17, 15) is 0 Å². The maximum absolute atomic E-state index is 6.25. The third kappa shape index (κ3) is 3.54. The molecule has 2 nitrogen and oxygen atoms in total. The van der Waals surface area contributed by atoms with Crippen molar-refractivity contribution in [2.24, 2.45) is 11.3 Å². The number of halogens is 1. The van der Waals surface area contributed by atoms with E-state index in [2.05, 4.69) is 32.3 Å². The summed E-state index contributed by atoms with van der Waals surface area (Å²) in [5.41, 5.74) is 1.52. The van der Waals surface area contributed by atoms with Crippen LogP contribution in [0.1, 0.15) is 57.6 Å². The van der Waals surface area contributed by atoms with Crippen molar-refractivity contribution < 1.29 is 4.74 Å². The molecule has 1 fully saturated rings. The third-order valence-corrected chi connectivity index (χ3v) is 5.05. The van der Waals surface area contributed by atoms with Crippen LogP contribution in [0.3, 0.4) is 0 Å². The van der Waals surface area contributed by atoms with E-state index in [1.54, 1.807) is 7.11 Å². The standard InChI is InChI=1S/C18H28ClNO/c1-13(2)12-18(9-5-6-10-18)17(20-3)15-11-14(19)7-8-16(15)21-4/h7-8,11,13,17,20H,5-6,9-10,12H2,1-4H3. The molecular weight excluding hydrogens is 282 g/mol. The zero-order chi connectivity index (χ0) is 15.5. The monoisotopic (exact) mass is 309 g/mol. The molecule has 0 bridgehead atoms. The molecule has 118 valence electrons. The average Bonchev–Trinajstić information content (AvgIpc) is 2.88. The first kappa shape index (κ1) is 16.6. The zero-order valence-corrected chi connectivity index (χ0v) is 14.5. The maximum Gasteiger partial charge on any atom is 0.123 e. The fourth-order valence-electron chi connectivity index (χ4n) is 4.23. The Morgan fingerprint density at radius 3 is 2.48 bits per heavy atom. The van der Waals surface area contributed by atoms with E-state index in [-0.39, 0.29) is 0 Å². The SMILES string of the molecule is CNC(c1cc(Cl)ccc1OC)C1(CC(C)C)CCCC1. The van der Waals surface area contributed by atoms with E-state index in [1.807, 2.05) is 12.1 Å². The van der Waals surface area contributed by atoms with Gasteiger partial charge in [0, 0.05) is 16.6 Å². The highest BCUT2D eigenvalue weighted by Gasteiger charge is 2.42. The van der Waals surface area contributed by atoms with E-state index < -0.39 is 0 Å². The van der Waals surface area contributed by atoms with E-state index >= 15 is 0 Å². The minimum absolute atomic E-state index is 0.302. The Balaban J connectivity index is 2.43. The molecule has 0 heterocycles. The lowest BCUT2D eigenvalue weighted by atomic mass is 9.70. The number of ether oxygens (including phenoxy) is 1. The second-order valence-corrected chi connectivity index (χ2v) is 7.21. The van der Waals surface area contributed by atoms with Crippen LogP contribution >= 0.6 is 11.6 Å². The molecular formula is C18H28ClNO. The summed E-state index contributed by atoms with van der Waals surface area (Å²) >= 11 is 6.25. The molecule has 1 atom stereocenters. The highest BCUT2D eigenvalue weighted by atomic mass is 35.5. The molecule has 1 N–H and O–H groups in total. The van der Waals surface area contributed by atoms with Gasteiger partial charge in [-0.25, -0.2) is 0 Å². The van der Waals surface area contributed by atoms with Crippen LogP contribution in [-0.4, -0.2) is 14.2 Å². The summed E-state index contributed by atoms with van der Waals surface area (Å²) in [4.78, 5) is 0. The van der Waals surface area contributed by atoms with Crippen LogP contribution < -0.4 is 10.1 Å². The van der Waals surface area contributed by atoms with Crippen LogP contribution in [0, 0.1) is 11.3 Å². The van der Waals surface area contributed by atoms with E-state index in [0.29, 0.717) is 17.4 Å². The Kier molecular flexibility index (Phi) is 5.56. The predicted molar refractivity (Wildman–Crippen MR) is 90.2 cm³/mol. The first-order chi connectivity index (χ1) is 10.0. The van der Waals surface area contributed by atoms with Gasteiger partial charge < -0.3 is 10.1 Å². The summed E-state index contributed by atoms with van der Waals surface area (Å²) in [6.45, 7) is 4.64. The highest BCUT2D eigenvalue weighted by Crippen LogP contribution is 2.53. The molecule has 0 aromatic heterocycles. The van der Waals surface area contributed by atoms with E-state index in [0.717, 1.165) is 10.8 Å². The minimum atomic E-state index is 0.302. The van der Waals surface area contributed by atoms with Gasteiger partial charge in [0.2, 0.25) is 0 Å². The van der Waals surface area contributed by atoms with Crippen molar-refractivity contribution in [1.29, 1.82) is 0 Å². The number of rotatable bonds is 6. The maximum atomic E-state index is 6.25. The molecule has 0 spiro atoms. The molecule has 1 aromatic rings. The predicted octanol–water partition coefficient (Wildman–Crippen LogP) is 5.22. The van der Waals surface area contributed by atoms with Crippen molar-refractivity contribution in [2.75, 3.05) is 14.2 Å². The Bertz CT molecular complexity index is 466. The van der Waals surface area contributed by atoms with Crippen molar-refractivity contribution in [2.45, 2.75) is 52.0 Å². The number of hydrogen-bond donors (Lipinski definition) is 1. The smallest absolute Gasteiger partial charge is 0.123 e. The lowest BCUT2D eigenvalue weighted by molar-refractivity contribution is 0.159. The second-order valence-electron chi connectivity index (χ2n) is 6.78. The molecule has 1 saturated carbocycles. The van der Waals surface area contributed by atoms with Crippen molar-refractivity contribution in [3.63, 3.8) is 0 Å². The fraction of sp³-hybridized carbons (Fsp3) is 0.667. The first-order valence-electron chi connectivity index (χ1n) is 8.03. The van der Waals surface area contributed by atoms with Gasteiger partial charge in [-0.05, 0) is 55.8 Å². The van der Waals surface area contributed by atoms with Gasteiger partial charge in [0.1, 0.15) is 5.75 Å². The van der Waals surface area contributed by atoms with Gasteiger partial charge in [-0.2, -0.15) is 0 Å². The largest absolute Gasteiger partial charge is 0.496 e. The molecule has 0 radical (unpaired) electrons. The number of benzene rings is 1. The fourth-order valence-corrected chi connectivity index (χ4v) is 4.41. The van der Waals surface area contributed by atoms with Crippen LogP contribution in [0.4, 0.5) is 0 Å². The quantitative estimate of drug-likeness (QED) is 0.778. The number of nitrogens with one attached hydrogen (secondary N) is 1. The molecule has 0 saturated heterocycles. The topological polar surface area (TPSA) is 21.3 Å². The summed E-state index contributed by atoms with van der Waals surface area (Å²) in [6.07, 6.45) is 6.47. The van der Waals surface area contributed by atoms with Gasteiger partial charge in [-0.3, -0.25) is 0 Å². The van der Waals surface area contributed by atoms with Gasteiger partial charge >= 0.3 is 0 Å². The summed E-state index contributed by atoms with van der Waals surface area (Å²) in [6, 6.07) is 6.26. The summed E-state index contributed by atoms with van der Waals surface area (Å²) in [5, 5.41) is 4.35. The molecule has 2 rings (SSSR count). The average molecular weight is 310 g/mol. The van der Waals surface area contributed by atoms with Crippen LogP contribution in [0.2, 0.25) is 5.02 Å². The van der Waals surface area contributed by atoms with Gasteiger partial charge in [0.15, 0.2) is 0 Å². The Hall–Kier alpha value is -0.730. The molecule has 1 aliphatic rings. The highest BCUT2D eigenvalue weighted by molar-refractivity contribution is 6.30. The lowest BCUT2D eigenvalue weighted by Gasteiger charge is -2.40. The van der Waals surface area contributed by atoms with Crippen LogP contribution in [0.15, 0.2) is 18.2 Å². The molecule has 0 amide bonds. The summed E-state index contributed by atoms with van der Waals surface area (Å²) in [7, 11) is 3.80. The van der Waals surface area contributed by atoms with E-state index in [4.69, 9.17) is 16.3 Å². The number of hydrogen-bond acceptors (Lipinski definition) is 2. The minimum Gasteiger partial charge on any atom is -0.496 e. The second kappa shape index (κ2) is 7.02. The molecule has 0 aliphatic heterocycles. The summed E-state index contributed by atoms with van der Waals surface area (Å²) in [5.74, 6) is 1.64. The molecule has 21 heavy (non-hydrogen) atoms. The number of methoxy groups -OCH3 is 1. The summed E-state index contributed by atoms with van der Waals surface area (Å²) < 4.78 is 5.59. The lowest BCUT2D eigenvalue weighted by Crippen LogP contribution is -2.36. The normalized spacial score (nSPS) is 19.0. The Morgan fingerprint density at radius 2 is 1.95 bits per heavy atom. The van der Waals surface area contributed by atoms with Crippen LogP contribution in [0.25, 0.3) is 0 Å². The molecule has 1 aliphatic carbocycles. The van der Waals surface area contributed by atoms with Gasteiger partial charge in [-0.15, -0.1) is 0 Å². The molecule has 1 unspecified atom stereocenters. The first-order valence-corrected chi connectivity index (χ1v) is 8.41. The van der Waals surface area contributed by atoms with E-state index in [1.165, 1.54) is 37.7 Å². The van der Waals surface area contributed by atoms with Gasteiger partial charge in [0.25, 0.3) is 0 Å². The Labute approximate surface area is 134 Å². The van der Waals surface area contributed by atoms with Gasteiger partial charge in [0.05, 0.1) is 7.11 Å². The zero-order valence-electron chi connectivity index (χ0n) is 13.7. The van der Waals surface area contributed by atoms with Crippen LogP contribution in [0.5, 0.6) is 5.75 Å². The Morgan fingerprint density at radius 1 is 1.29 bits per heavy atom. The molecule has 1 aromatic carbocycles. The van der Waals surface area contributed by atoms with Crippen molar-refractivity contribution >= 4 is 11.6 Å². The van der Waals surface area contributed by atoms with Crippen molar-refractivity contribution in [3.05, 3.63) is 28.8 Å². The van der Waals surface area contributed by atoms with Crippen molar-refractivity contribution in [3.8, 4) is 5.75 Å². The van der Waals surface area contributed by atoms with Crippen molar-refractivity contribution in [1.82, 2.24) is 5.32 Å². The molecule has 3 heteroatoms.